The second-order valence-corrected chi connectivity index (χ2v) is 4.02. The standard InChI is InChI=1S/C12H17ClFNO2/c13-11-8-10(2-3-12(11)14)9-15-4-1-6-17-7-5-16/h2-3,8,15-16H,1,4-7,9H2. The minimum Gasteiger partial charge on any atom is -0.394 e. The zero-order valence-corrected chi connectivity index (χ0v) is 10.3. The third-order valence-electron chi connectivity index (χ3n) is 2.19. The van der Waals surface area contributed by atoms with E-state index in [9.17, 15) is 4.39 Å². The van der Waals surface area contributed by atoms with Gasteiger partial charge in [-0.05, 0) is 30.7 Å². The number of ether oxygens (including phenoxy) is 1. The number of hydrogen-bond acceptors (Lipinski definition) is 3. The van der Waals surface area contributed by atoms with Crippen molar-refractivity contribution in [2.75, 3.05) is 26.4 Å². The average molecular weight is 262 g/mol. The first-order valence-corrected chi connectivity index (χ1v) is 5.95. The average Bonchev–Trinajstić information content (AvgIpc) is 2.32. The van der Waals surface area contributed by atoms with Gasteiger partial charge in [0.25, 0.3) is 0 Å². The Kier molecular flexibility index (Phi) is 7.12. The highest BCUT2D eigenvalue weighted by atomic mass is 35.5. The molecule has 1 aromatic rings. The first-order chi connectivity index (χ1) is 8.24. The molecule has 0 aliphatic rings. The van der Waals surface area contributed by atoms with E-state index in [1.807, 2.05) is 0 Å². The number of benzene rings is 1. The largest absolute Gasteiger partial charge is 0.394 e. The molecule has 0 fully saturated rings. The van der Waals surface area contributed by atoms with Gasteiger partial charge in [-0.3, -0.25) is 0 Å². The number of halogens is 2. The lowest BCUT2D eigenvalue weighted by Crippen LogP contribution is -2.16. The fourth-order valence-corrected chi connectivity index (χ4v) is 1.55. The van der Waals surface area contributed by atoms with E-state index in [2.05, 4.69) is 5.32 Å². The molecule has 0 aliphatic heterocycles. The number of hydrogen-bond donors (Lipinski definition) is 2. The topological polar surface area (TPSA) is 41.5 Å². The lowest BCUT2D eigenvalue weighted by atomic mass is 10.2. The molecule has 0 unspecified atom stereocenters. The molecule has 2 N–H and O–H groups in total. The maximum Gasteiger partial charge on any atom is 0.141 e. The zero-order valence-electron chi connectivity index (χ0n) is 9.59. The number of aliphatic hydroxyl groups excluding tert-OH is 1. The molecule has 1 aromatic carbocycles. The van der Waals surface area contributed by atoms with Crippen LogP contribution in [-0.4, -0.2) is 31.5 Å². The molecule has 0 saturated carbocycles. The van der Waals surface area contributed by atoms with E-state index >= 15 is 0 Å². The van der Waals surface area contributed by atoms with Gasteiger partial charge in [-0.2, -0.15) is 0 Å². The van der Waals surface area contributed by atoms with Gasteiger partial charge in [0.05, 0.1) is 18.2 Å². The number of nitrogens with one attached hydrogen (secondary N) is 1. The van der Waals surface area contributed by atoms with Crippen molar-refractivity contribution in [2.24, 2.45) is 0 Å². The molecule has 0 amide bonds. The van der Waals surface area contributed by atoms with Crippen LogP contribution in [0.2, 0.25) is 5.02 Å². The third kappa shape index (κ3) is 5.98. The Morgan fingerprint density at radius 2 is 2.18 bits per heavy atom. The van der Waals surface area contributed by atoms with Gasteiger partial charge in [-0.15, -0.1) is 0 Å². The first-order valence-electron chi connectivity index (χ1n) is 5.57. The number of aliphatic hydroxyl groups is 1. The Labute approximate surface area is 106 Å². The van der Waals surface area contributed by atoms with Crippen LogP contribution in [0.4, 0.5) is 4.39 Å². The smallest absolute Gasteiger partial charge is 0.141 e. The van der Waals surface area contributed by atoms with Gasteiger partial charge in [0.2, 0.25) is 0 Å². The molecule has 3 nitrogen and oxygen atoms in total. The van der Waals surface area contributed by atoms with Crippen molar-refractivity contribution in [3.8, 4) is 0 Å². The van der Waals surface area contributed by atoms with Gasteiger partial charge in [0.1, 0.15) is 5.82 Å². The quantitative estimate of drug-likeness (QED) is 0.703. The fraction of sp³-hybridized carbons (Fsp3) is 0.500. The Hall–Kier alpha value is -0.680. The highest BCUT2D eigenvalue weighted by molar-refractivity contribution is 6.30. The van der Waals surface area contributed by atoms with Crippen LogP contribution in [0.1, 0.15) is 12.0 Å². The van der Waals surface area contributed by atoms with Crippen LogP contribution in [0, 0.1) is 5.82 Å². The summed E-state index contributed by atoms with van der Waals surface area (Å²) in [6, 6.07) is 4.69. The summed E-state index contributed by atoms with van der Waals surface area (Å²) in [6.45, 7) is 2.52. The van der Waals surface area contributed by atoms with Crippen LogP contribution >= 0.6 is 11.6 Å². The molecule has 1 rings (SSSR count). The summed E-state index contributed by atoms with van der Waals surface area (Å²) in [5.74, 6) is -0.396. The summed E-state index contributed by atoms with van der Waals surface area (Å²) < 4.78 is 18.0. The van der Waals surface area contributed by atoms with Gasteiger partial charge in [-0.1, -0.05) is 17.7 Å². The van der Waals surface area contributed by atoms with Crippen molar-refractivity contribution in [1.82, 2.24) is 5.32 Å². The van der Waals surface area contributed by atoms with Crippen LogP contribution in [-0.2, 0) is 11.3 Å². The van der Waals surface area contributed by atoms with E-state index in [1.165, 1.54) is 6.07 Å². The minimum absolute atomic E-state index is 0.0571. The minimum atomic E-state index is -0.396. The first kappa shape index (κ1) is 14.4. The predicted molar refractivity (Wildman–Crippen MR) is 65.6 cm³/mol. The van der Waals surface area contributed by atoms with Crippen LogP contribution in [0.3, 0.4) is 0 Å². The molecule has 0 heterocycles. The molecule has 0 aliphatic carbocycles. The van der Waals surface area contributed by atoms with Crippen molar-refractivity contribution in [2.45, 2.75) is 13.0 Å². The Morgan fingerprint density at radius 3 is 2.88 bits per heavy atom. The molecule has 96 valence electrons. The van der Waals surface area contributed by atoms with Gasteiger partial charge < -0.3 is 15.2 Å². The molecule has 0 radical (unpaired) electrons. The SMILES string of the molecule is OCCOCCCNCc1ccc(F)c(Cl)c1. The summed E-state index contributed by atoms with van der Waals surface area (Å²) in [5.41, 5.74) is 0.952. The van der Waals surface area contributed by atoms with Crippen LogP contribution in [0.15, 0.2) is 18.2 Å². The molecule has 0 saturated heterocycles. The molecule has 0 bridgehead atoms. The molecule has 0 aromatic heterocycles. The van der Waals surface area contributed by atoms with Crippen LogP contribution in [0.25, 0.3) is 0 Å². The van der Waals surface area contributed by atoms with E-state index in [0.717, 1.165) is 18.5 Å². The summed E-state index contributed by atoms with van der Waals surface area (Å²) in [7, 11) is 0. The molecule has 0 atom stereocenters. The Morgan fingerprint density at radius 1 is 1.35 bits per heavy atom. The van der Waals surface area contributed by atoms with E-state index in [1.54, 1.807) is 12.1 Å². The lowest BCUT2D eigenvalue weighted by Gasteiger charge is -2.06. The van der Waals surface area contributed by atoms with E-state index in [-0.39, 0.29) is 11.6 Å². The van der Waals surface area contributed by atoms with Gasteiger partial charge in [0.15, 0.2) is 0 Å². The molecular weight excluding hydrogens is 245 g/mol. The second kappa shape index (κ2) is 8.42. The van der Waals surface area contributed by atoms with E-state index < -0.39 is 5.82 Å². The van der Waals surface area contributed by atoms with Crippen molar-refractivity contribution in [3.05, 3.63) is 34.6 Å². The molecular formula is C12H17ClFNO2. The maximum atomic E-state index is 12.9. The third-order valence-corrected chi connectivity index (χ3v) is 2.48. The predicted octanol–water partition coefficient (Wildman–Crippen LogP) is 1.97. The zero-order chi connectivity index (χ0) is 12.5. The van der Waals surface area contributed by atoms with Crippen molar-refractivity contribution < 1.29 is 14.2 Å². The second-order valence-electron chi connectivity index (χ2n) is 3.61. The fourth-order valence-electron chi connectivity index (χ4n) is 1.35. The highest BCUT2D eigenvalue weighted by Gasteiger charge is 2.00. The summed E-state index contributed by atoms with van der Waals surface area (Å²) in [6.07, 6.45) is 0.870. The Bertz CT molecular complexity index is 336. The molecule has 17 heavy (non-hydrogen) atoms. The van der Waals surface area contributed by atoms with Crippen LogP contribution < -0.4 is 5.32 Å². The Balaban J connectivity index is 2.11. The van der Waals surface area contributed by atoms with Gasteiger partial charge in [0, 0.05) is 13.2 Å². The van der Waals surface area contributed by atoms with Crippen molar-refractivity contribution in [3.63, 3.8) is 0 Å². The summed E-state index contributed by atoms with van der Waals surface area (Å²) in [5, 5.41) is 11.8. The van der Waals surface area contributed by atoms with Crippen LogP contribution in [0.5, 0.6) is 0 Å². The monoisotopic (exact) mass is 261 g/mol. The normalized spacial score (nSPS) is 10.8. The number of rotatable bonds is 8. The van der Waals surface area contributed by atoms with Crippen molar-refractivity contribution >= 4 is 11.6 Å². The lowest BCUT2D eigenvalue weighted by molar-refractivity contribution is 0.0907. The van der Waals surface area contributed by atoms with E-state index in [0.29, 0.717) is 19.8 Å². The van der Waals surface area contributed by atoms with Gasteiger partial charge in [-0.25, -0.2) is 4.39 Å². The maximum absolute atomic E-state index is 12.9. The highest BCUT2D eigenvalue weighted by Crippen LogP contribution is 2.15. The summed E-state index contributed by atoms with van der Waals surface area (Å²) >= 11 is 5.66. The summed E-state index contributed by atoms with van der Waals surface area (Å²) in [4.78, 5) is 0. The molecule has 5 heteroatoms. The van der Waals surface area contributed by atoms with Crippen molar-refractivity contribution in [1.29, 1.82) is 0 Å². The molecule has 0 spiro atoms. The van der Waals surface area contributed by atoms with Gasteiger partial charge >= 0.3 is 0 Å². The van der Waals surface area contributed by atoms with E-state index in [4.69, 9.17) is 21.4 Å².